The van der Waals surface area contributed by atoms with Crippen LogP contribution in [0, 0.1) is 0 Å². The van der Waals surface area contributed by atoms with Crippen molar-refractivity contribution in [3.05, 3.63) is 23.9 Å². The van der Waals surface area contributed by atoms with Gasteiger partial charge in [-0.3, -0.25) is 0 Å². The van der Waals surface area contributed by atoms with Crippen LogP contribution in [0.1, 0.15) is 24.3 Å². The number of aryl methyl sites for hydroxylation is 1. The SMILES string of the molecule is COC(=O)c1c(OC(C)C)c2cc(OC)ccc2n1C. The lowest BCUT2D eigenvalue weighted by molar-refractivity contribution is 0.0584. The van der Waals surface area contributed by atoms with E-state index in [4.69, 9.17) is 14.2 Å². The second-order valence-corrected chi connectivity index (χ2v) is 4.78. The molecule has 0 atom stereocenters. The third-order valence-electron chi connectivity index (χ3n) is 3.09. The molecule has 0 radical (unpaired) electrons. The molecule has 0 aliphatic rings. The Morgan fingerprint density at radius 2 is 1.95 bits per heavy atom. The Hall–Kier alpha value is -2.17. The van der Waals surface area contributed by atoms with Crippen LogP contribution < -0.4 is 9.47 Å². The number of rotatable bonds is 4. The van der Waals surface area contributed by atoms with Gasteiger partial charge in [0.1, 0.15) is 5.75 Å². The van der Waals surface area contributed by atoms with Crippen LogP contribution in [0.5, 0.6) is 11.5 Å². The van der Waals surface area contributed by atoms with Gasteiger partial charge in [-0.15, -0.1) is 0 Å². The molecule has 2 aromatic rings. The minimum Gasteiger partial charge on any atom is -0.497 e. The van der Waals surface area contributed by atoms with Crippen LogP contribution in [0.25, 0.3) is 10.9 Å². The van der Waals surface area contributed by atoms with Gasteiger partial charge in [0.05, 0.1) is 25.8 Å². The molecule has 0 spiro atoms. The highest BCUT2D eigenvalue weighted by atomic mass is 16.5. The second kappa shape index (κ2) is 5.45. The van der Waals surface area contributed by atoms with Gasteiger partial charge in [-0.25, -0.2) is 4.79 Å². The van der Waals surface area contributed by atoms with Gasteiger partial charge in [-0.2, -0.15) is 0 Å². The van der Waals surface area contributed by atoms with Gasteiger partial charge >= 0.3 is 5.97 Å². The van der Waals surface area contributed by atoms with E-state index < -0.39 is 5.97 Å². The average Bonchev–Trinajstić information content (AvgIpc) is 2.70. The van der Waals surface area contributed by atoms with E-state index in [2.05, 4.69) is 0 Å². The number of carbonyl (C=O) groups excluding carboxylic acids is 1. The molecule has 5 nitrogen and oxygen atoms in total. The van der Waals surface area contributed by atoms with E-state index in [0.717, 1.165) is 10.9 Å². The average molecular weight is 277 g/mol. The highest BCUT2D eigenvalue weighted by Gasteiger charge is 2.24. The first-order valence-corrected chi connectivity index (χ1v) is 6.41. The number of hydrogen-bond donors (Lipinski definition) is 0. The summed E-state index contributed by atoms with van der Waals surface area (Å²) in [7, 11) is 4.78. The smallest absolute Gasteiger partial charge is 0.358 e. The van der Waals surface area contributed by atoms with Gasteiger partial charge in [-0.1, -0.05) is 0 Å². The first kappa shape index (κ1) is 14.2. The molecule has 0 bridgehead atoms. The van der Waals surface area contributed by atoms with Crippen molar-refractivity contribution in [1.82, 2.24) is 4.57 Å². The van der Waals surface area contributed by atoms with Crippen LogP contribution in [0.2, 0.25) is 0 Å². The van der Waals surface area contributed by atoms with Crippen LogP contribution in [-0.2, 0) is 11.8 Å². The van der Waals surface area contributed by atoms with Crippen molar-refractivity contribution in [2.24, 2.45) is 7.05 Å². The van der Waals surface area contributed by atoms with Gasteiger partial charge in [0.25, 0.3) is 0 Å². The second-order valence-electron chi connectivity index (χ2n) is 4.78. The molecule has 0 aliphatic heterocycles. The zero-order valence-electron chi connectivity index (χ0n) is 12.4. The molecule has 0 fully saturated rings. The number of benzene rings is 1. The summed E-state index contributed by atoms with van der Waals surface area (Å²) in [6.07, 6.45) is -0.0461. The number of carbonyl (C=O) groups is 1. The Balaban J connectivity index is 2.75. The van der Waals surface area contributed by atoms with Gasteiger partial charge in [0, 0.05) is 12.4 Å². The molecular formula is C15H19NO4. The van der Waals surface area contributed by atoms with Crippen molar-refractivity contribution in [2.75, 3.05) is 14.2 Å². The van der Waals surface area contributed by atoms with E-state index in [1.54, 1.807) is 11.7 Å². The number of fused-ring (bicyclic) bond motifs is 1. The van der Waals surface area contributed by atoms with Gasteiger partial charge in [0.15, 0.2) is 11.4 Å². The molecule has 0 saturated carbocycles. The molecule has 5 heteroatoms. The molecule has 1 aromatic heterocycles. The molecule has 2 rings (SSSR count). The molecule has 108 valence electrons. The number of esters is 1. The van der Waals surface area contributed by atoms with Gasteiger partial charge in [-0.05, 0) is 32.0 Å². The molecule has 0 amide bonds. The summed E-state index contributed by atoms with van der Waals surface area (Å²) < 4.78 is 17.7. The Labute approximate surface area is 118 Å². The lowest BCUT2D eigenvalue weighted by Crippen LogP contribution is -2.12. The minimum absolute atomic E-state index is 0.0461. The fourth-order valence-electron chi connectivity index (χ4n) is 2.20. The first-order chi connectivity index (χ1) is 9.49. The zero-order chi connectivity index (χ0) is 14.9. The molecule has 1 aromatic carbocycles. The maximum Gasteiger partial charge on any atom is 0.358 e. The van der Waals surface area contributed by atoms with Crippen molar-refractivity contribution in [3.8, 4) is 11.5 Å². The van der Waals surface area contributed by atoms with Crippen molar-refractivity contribution < 1.29 is 19.0 Å². The van der Waals surface area contributed by atoms with Crippen molar-refractivity contribution >= 4 is 16.9 Å². The summed E-state index contributed by atoms with van der Waals surface area (Å²) in [6.45, 7) is 3.83. The number of aromatic nitrogens is 1. The molecule has 1 heterocycles. The van der Waals surface area contributed by atoms with Crippen LogP contribution in [0.4, 0.5) is 0 Å². The number of nitrogens with zero attached hydrogens (tertiary/aromatic N) is 1. The van der Waals surface area contributed by atoms with Crippen LogP contribution >= 0.6 is 0 Å². The van der Waals surface area contributed by atoms with E-state index in [1.807, 2.05) is 39.1 Å². The summed E-state index contributed by atoms with van der Waals surface area (Å²) in [5.41, 5.74) is 1.30. The van der Waals surface area contributed by atoms with Crippen LogP contribution in [-0.4, -0.2) is 30.9 Å². The van der Waals surface area contributed by atoms with E-state index in [-0.39, 0.29) is 6.10 Å². The monoisotopic (exact) mass is 277 g/mol. The minimum atomic E-state index is -0.418. The van der Waals surface area contributed by atoms with Gasteiger partial charge in [0.2, 0.25) is 0 Å². The molecule has 20 heavy (non-hydrogen) atoms. The Kier molecular flexibility index (Phi) is 3.88. The van der Waals surface area contributed by atoms with Crippen molar-refractivity contribution in [3.63, 3.8) is 0 Å². The third-order valence-corrected chi connectivity index (χ3v) is 3.09. The highest BCUT2D eigenvalue weighted by molar-refractivity contribution is 6.02. The molecule has 0 unspecified atom stereocenters. The predicted molar refractivity (Wildman–Crippen MR) is 76.6 cm³/mol. The maximum absolute atomic E-state index is 12.0. The summed E-state index contributed by atoms with van der Waals surface area (Å²) in [6, 6.07) is 5.61. The number of methoxy groups -OCH3 is 2. The summed E-state index contributed by atoms with van der Waals surface area (Å²) >= 11 is 0. The van der Waals surface area contributed by atoms with E-state index in [1.165, 1.54) is 7.11 Å². The number of hydrogen-bond acceptors (Lipinski definition) is 4. The van der Waals surface area contributed by atoms with E-state index in [9.17, 15) is 4.79 Å². The van der Waals surface area contributed by atoms with E-state index in [0.29, 0.717) is 17.2 Å². The maximum atomic E-state index is 12.0. The topological polar surface area (TPSA) is 49.7 Å². The zero-order valence-corrected chi connectivity index (χ0v) is 12.4. The van der Waals surface area contributed by atoms with Crippen LogP contribution in [0.15, 0.2) is 18.2 Å². The normalized spacial score (nSPS) is 10.9. The predicted octanol–water partition coefficient (Wildman–Crippen LogP) is 2.76. The van der Waals surface area contributed by atoms with Crippen molar-refractivity contribution in [1.29, 1.82) is 0 Å². The summed E-state index contributed by atoms with van der Waals surface area (Å²) in [5, 5.41) is 0.834. The Bertz CT molecular complexity index is 643. The first-order valence-electron chi connectivity index (χ1n) is 6.41. The Morgan fingerprint density at radius 3 is 2.50 bits per heavy atom. The molecule has 0 N–H and O–H groups in total. The largest absolute Gasteiger partial charge is 0.497 e. The van der Waals surface area contributed by atoms with E-state index >= 15 is 0 Å². The van der Waals surface area contributed by atoms with Gasteiger partial charge < -0.3 is 18.8 Å². The van der Waals surface area contributed by atoms with Crippen molar-refractivity contribution in [2.45, 2.75) is 20.0 Å². The highest BCUT2D eigenvalue weighted by Crippen LogP contribution is 2.36. The fraction of sp³-hybridized carbons (Fsp3) is 0.400. The fourth-order valence-corrected chi connectivity index (χ4v) is 2.20. The molecule has 0 aliphatic carbocycles. The summed E-state index contributed by atoms with van der Waals surface area (Å²) in [5.74, 6) is 0.828. The standard InChI is InChI=1S/C15H19NO4/c1-9(2)20-14-11-8-10(18-4)6-7-12(11)16(3)13(14)15(17)19-5/h6-9H,1-5H3. The van der Waals surface area contributed by atoms with Crippen LogP contribution in [0.3, 0.4) is 0 Å². The third kappa shape index (κ3) is 2.31. The molecular weight excluding hydrogens is 258 g/mol. The molecule has 0 saturated heterocycles. The lowest BCUT2D eigenvalue weighted by atomic mass is 10.2. The Morgan fingerprint density at radius 1 is 1.25 bits per heavy atom. The lowest BCUT2D eigenvalue weighted by Gasteiger charge is -2.11. The number of ether oxygens (including phenoxy) is 3. The quantitative estimate of drug-likeness (QED) is 0.806. The summed E-state index contributed by atoms with van der Waals surface area (Å²) in [4.78, 5) is 12.0.